The lowest BCUT2D eigenvalue weighted by Crippen LogP contribution is -2.44. The Balaban J connectivity index is 2.17. The largest absolute Gasteiger partial charge is 0.496 e. The van der Waals surface area contributed by atoms with Crippen LogP contribution in [0.1, 0.15) is 31.2 Å². The second-order valence-electron chi connectivity index (χ2n) is 5.78. The fraction of sp³-hybridized carbons (Fsp3) is 0.500. The van der Waals surface area contributed by atoms with Crippen LogP contribution >= 0.6 is 0 Å². The van der Waals surface area contributed by atoms with E-state index in [9.17, 15) is 0 Å². The van der Waals surface area contributed by atoms with Crippen LogP contribution in [0.3, 0.4) is 0 Å². The Morgan fingerprint density at radius 2 is 2.05 bits per heavy atom. The number of ether oxygens (including phenoxy) is 1. The molecule has 0 heterocycles. The SMILES string of the molecule is C=CCNC(=NC)NCC1(c2ccccc2OC)CCCC1. The van der Waals surface area contributed by atoms with Crippen molar-refractivity contribution in [1.82, 2.24) is 10.6 Å². The predicted molar refractivity (Wildman–Crippen MR) is 92.7 cm³/mol. The molecule has 22 heavy (non-hydrogen) atoms. The molecule has 1 aromatic rings. The number of methoxy groups -OCH3 is 1. The van der Waals surface area contributed by atoms with Crippen molar-refractivity contribution >= 4 is 5.96 Å². The lowest BCUT2D eigenvalue weighted by molar-refractivity contribution is 0.371. The first kappa shape index (κ1) is 16.4. The summed E-state index contributed by atoms with van der Waals surface area (Å²) in [6.45, 7) is 5.30. The van der Waals surface area contributed by atoms with Crippen LogP contribution in [0, 0.1) is 0 Å². The van der Waals surface area contributed by atoms with E-state index in [1.54, 1.807) is 14.2 Å². The quantitative estimate of drug-likeness (QED) is 0.482. The van der Waals surface area contributed by atoms with Gasteiger partial charge in [-0.2, -0.15) is 0 Å². The molecule has 0 atom stereocenters. The van der Waals surface area contributed by atoms with Crippen LogP contribution in [0.2, 0.25) is 0 Å². The number of rotatable bonds is 6. The molecule has 2 N–H and O–H groups in total. The Bertz CT molecular complexity index is 519. The molecule has 1 saturated carbocycles. The smallest absolute Gasteiger partial charge is 0.191 e. The van der Waals surface area contributed by atoms with Crippen molar-refractivity contribution in [2.75, 3.05) is 27.2 Å². The maximum Gasteiger partial charge on any atom is 0.191 e. The standard InChI is InChI=1S/C18H27N3O/c1-4-13-20-17(19-2)21-14-18(11-7-8-12-18)15-9-5-6-10-16(15)22-3/h4-6,9-10H,1,7-8,11-14H2,2-3H3,(H2,19,20,21). The molecule has 4 heteroatoms. The Hall–Kier alpha value is -1.97. The van der Waals surface area contributed by atoms with Crippen molar-refractivity contribution < 1.29 is 4.74 Å². The molecule has 0 bridgehead atoms. The molecule has 4 nitrogen and oxygen atoms in total. The van der Waals surface area contributed by atoms with Crippen LogP contribution in [-0.4, -0.2) is 33.2 Å². The Kier molecular flexibility index (Phi) is 5.87. The van der Waals surface area contributed by atoms with Gasteiger partial charge in [-0.05, 0) is 18.9 Å². The van der Waals surface area contributed by atoms with Gasteiger partial charge in [0.1, 0.15) is 5.75 Å². The average Bonchev–Trinajstić information content (AvgIpc) is 3.05. The van der Waals surface area contributed by atoms with Gasteiger partial charge in [-0.1, -0.05) is 37.1 Å². The zero-order valence-electron chi connectivity index (χ0n) is 13.7. The first-order valence-electron chi connectivity index (χ1n) is 7.94. The number of nitrogens with zero attached hydrogens (tertiary/aromatic N) is 1. The number of guanidine groups is 1. The molecule has 0 saturated heterocycles. The molecular formula is C18H27N3O. The van der Waals surface area contributed by atoms with Gasteiger partial charge in [-0.15, -0.1) is 6.58 Å². The van der Waals surface area contributed by atoms with E-state index in [4.69, 9.17) is 4.74 Å². The van der Waals surface area contributed by atoms with Gasteiger partial charge in [0.2, 0.25) is 0 Å². The van der Waals surface area contributed by atoms with E-state index in [1.807, 2.05) is 12.1 Å². The van der Waals surface area contributed by atoms with Gasteiger partial charge >= 0.3 is 0 Å². The number of aliphatic imine (C=N–C) groups is 1. The highest BCUT2D eigenvalue weighted by Crippen LogP contribution is 2.44. The number of nitrogens with one attached hydrogen (secondary N) is 2. The van der Waals surface area contributed by atoms with E-state index >= 15 is 0 Å². The van der Waals surface area contributed by atoms with Crippen molar-refractivity contribution in [1.29, 1.82) is 0 Å². The summed E-state index contributed by atoms with van der Waals surface area (Å²) < 4.78 is 5.59. The first-order chi connectivity index (χ1) is 10.8. The Labute approximate surface area is 133 Å². The van der Waals surface area contributed by atoms with Crippen LogP contribution in [0.15, 0.2) is 41.9 Å². The van der Waals surface area contributed by atoms with Gasteiger partial charge in [-0.3, -0.25) is 4.99 Å². The molecule has 0 aliphatic heterocycles. The normalized spacial score (nSPS) is 17.1. The summed E-state index contributed by atoms with van der Waals surface area (Å²) in [6.07, 6.45) is 6.72. The van der Waals surface area contributed by atoms with E-state index < -0.39 is 0 Å². The summed E-state index contributed by atoms with van der Waals surface area (Å²) in [5.41, 5.74) is 1.43. The van der Waals surface area contributed by atoms with Gasteiger partial charge in [-0.25, -0.2) is 0 Å². The molecule has 1 aromatic carbocycles. The zero-order valence-corrected chi connectivity index (χ0v) is 13.7. The van der Waals surface area contributed by atoms with E-state index in [2.05, 4.69) is 40.4 Å². The Morgan fingerprint density at radius 3 is 2.68 bits per heavy atom. The van der Waals surface area contributed by atoms with Gasteiger partial charge in [0.15, 0.2) is 5.96 Å². The maximum absolute atomic E-state index is 5.59. The molecular weight excluding hydrogens is 274 g/mol. The minimum absolute atomic E-state index is 0.123. The van der Waals surface area contributed by atoms with Crippen LogP contribution in [0.4, 0.5) is 0 Å². The van der Waals surface area contributed by atoms with Crippen molar-refractivity contribution in [3.05, 3.63) is 42.5 Å². The van der Waals surface area contributed by atoms with E-state index in [1.165, 1.54) is 31.2 Å². The van der Waals surface area contributed by atoms with Crippen LogP contribution in [0.5, 0.6) is 5.75 Å². The van der Waals surface area contributed by atoms with Crippen LogP contribution in [-0.2, 0) is 5.41 Å². The van der Waals surface area contributed by atoms with E-state index in [0.717, 1.165) is 18.3 Å². The number of para-hydroxylation sites is 1. The molecule has 0 aromatic heterocycles. The zero-order chi connectivity index (χ0) is 15.8. The monoisotopic (exact) mass is 301 g/mol. The summed E-state index contributed by atoms with van der Waals surface area (Å²) in [5.74, 6) is 1.81. The van der Waals surface area contributed by atoms with Crippen molar-refractivity contribution in [3.63, 3.8) is 0 Å². The molecule has 0 spiro atoms. The highest BCUT2D eigenvalue weighted by Gasteiger charge is 2.37. The third-order valence-electron chi connectivity index (χ3n) is 4.47. The molecule has 1 aliphatic carbocycles. The summed E-state index contributed by atoms with van der Waals surface area (Å²) in [4.78, 5) is 4.27. The van der Waals surface area contributed by atoms with Crippen LogP contribution < -0.4 is 15.4 Å². The van der Waals surface area contributed by atoms with E-state index in [-0.39, 0.29) is 5.41 Å². The number of benzene rings is 1. The average molecular weight is 301 g/mol. The molecule has 2 rings (SSSR count). The topological polar surface area (TPSA) is 45.7 Å². The second-order valence-corrected chi connectivity index (χ2v) is 5.78. The minimum Gasteiger partial charge on any atom is -0.496 e. The lowest BCUT2D eigenvalue weighted by atomic mass is 9.78. The van der Waals surface area contributed by atoms with Gasteiger partial charge in [0.05, 0.1) is 7.11 Å². The highest BCUT2D eigenvalue weighted by atomic mass is 16.5. The summed E-state index contributed by atoms with van der Waals surface area (Å²) in [6, 6.07) is 8.39. The highest BCUT2D eigenvalue weighted by molar-refractivity contribution is 5.79. The third-order valence-corrected chi connectivity index (χ3v) is 4.47. The molecule has 0 unspecified atom stereocenters. The lowest BCUT2D eigenvalue weighted by Gasteiger charge is -2.32. The molecule has 1 aliphatic rings. The number of hydrogen-bond acceptors (Lipinski definition) is 2. The van der Waals surface area contributed by atoms with Gasteiger partial charge < -0.3 is 15.4 Å². The minimum atomic E-state index is 0.123. The van der Waals surface area contributed by atoms with Crippen molar-refractivity contribution in [2.45, 2.75) is 31.1 Å². The summed E-state index contributed by atoms with van der Waals surface area (Å²) in [5, 5.41) is 6.70. The maximum atomic E-state index is 5.59. The molecule has 0 amide bonds. The van der Waals surface area contributed by atoms with E-state index in [0.29, 0.717) is 6.54 Å². The fourth-order valence-corrected chi connectivity index (χ4v) is 3.32. The molecule has 120 valence electrons. The van der Waals surface area contributed by atoms with Crippen molar-refractivity contribution in [2.24, 2.45) is 4.99 Å². The third kappa shape index (κ3) is 3.62. The Morgan fingerprint density at radius 1 is 1.32 bits per heavy atom. The second kappa shape index (κ2) is 7.87. The summed E-state index contributed by atoms with van der Waals surface area (Å²) >= 11 is 0. The number of hydrogen-bond donors (Lipinski definition) is 2. The predicted octanol–water partition coefficient (Wildman–Crippen LogP) is 2.86. The molecule has 1 fully saturated rings. The van der Waals surface area contributed by atoms with Crippen LogP contribution in [0.25, 0.3) is 0 Å². The first-order valence-corrected chi connectivity index (χ1v) is 7.94. The fourth-order valence-electron chi connectivity index (χ4n) is 3.32. The van der Waals surface area contributed by atoms with Gasteiger partial charge in [0.25, 0.3) is 0 Å². The molecule has 0 radical (unpaired) electrons. The van der Waals surface area contributed by atoms with Gasteiger partial charge in [0, 0.05) is 31.1 Å². The summed E-state index contributed by atoms with van der Waals surface area (Å²) in [7, 11) is 3.54. The van der Waals surface area contributed by atoms with Crippen molar-refractivity contribution in [3.8, 4) is 5.75 Å².